The number of aromatic nitrogens is 3. The van der Waals surface area contributed by atoms with Crippen molar-refractivity contribution in [2.45, 2.75) is 39.2 Å². The lowest BCUT2D eigenvalue weighted by Gasteiger charge is -2.25. The van der Waals surface area contributed by atoms with E-state index in [1.165, 1.54) is 23.2 Å². The second kappa shape index (κ2) is 4.94. The SMILES string of the molecule is C[C@H]1CCc2sc(C(=O)N3CCCn4ncnc43)cc2C1. The van der Waals surface area contributed by atoms with Gasteiger partial charge in [-0.1, -0.05) is 6.92 Å². The fourth-order valence-electron chi connectivity index (χ4n) is 3.24. The predicted molar refractivity (Wildman–Crippen MR) is 81.8 cm³/mol. The molecule has 6 heteroatoms. The van der Waals surface area contributed by atoms with E-state index in [0.29, 0.717) is 5.95 Å². The predicted octanol–water partition coefficient (Wildman–Crippen LogP) is 2.51. The first kappa shape index (κ1) is 13.0. The summed E-state index contributed by atoms with van der Waals surface area (Å²) in [5, 5.41) is 4.17. The van der Waals surface area contributed by atoms with Gasteiger partial charge in [0.15, 0.2) is 0 Å². The molecule has 3 heterocycles. The molecule has 0 spiro atoms. The van der Waals surface area contributed by atoms with Crippen LogP contribution in [0.5, 0.6) is 0 Å². The Labute approximate surface area is 127 Å². The van der Waals surface area contributed by atoms with E-state index in [-0.39, 0.29) is 5.91 Å². The third-order valence-electron chi connectivity index (χ3n) is 4.37. The monoisotopic (exact) mass is 302 g/mol. The molecule has 1 aliphatic heterocycles. The number of carbonyl (C=O) groups excluding carboxylic acids is 1. The number of thiophene rings is 1. The third kappa shape index (κ3) is 2.18. The summed E-state index contributed by atoms with van der Waals surface area (Å²) in [7, 11) is 0. The molecule has 0 bridgehead atoms. The third-order valence-corrected chi connectivity index (χ3v) is 5.60. The van der Waals surface area contributed by atoms with Gasteiger partial charge in [-0.25, -0.2) is 4.68 Å². The molecule has 110 valence electrons. The van der Waals surface area contributed by atoms with Crippen LogP contribution >= 0.6 is 11.3 Å². The summed E-state index contributed by atoms with van der Waals surface area (Å²) in [5.74, 6) is 1.50. The van der Waals surface area contributed by atoms with Crippen molar-refractivity contribution >= 4 is 23.2 Å². The first-order chi connectivity index (χ1) is 10.2. The van der Waals surface area contributed by atoms with E-state index in [1.807, 2.05) is 4.68 Å². The van der Waals surface area contributed by atoms with Crippen LogP contribution in [-0.4, -0.2) is 27.2 Å². The van der Waals surface area contributed by atoms with Crippen LogP contribution in [-0.2, 0) is 19.4 Å². The van der Waals surface area contributed by atoms with Crippen LogP contribution in [0, 0.1) is 5.92 Å². The number of rotatable bonds is 1. The highest BCUT2D eigenvalue weighted by Crippen LogP contribution is 2.33. The molecule has 0 aromatic carbocycles. The summed E-state index contributed by atoms with van der Waals surface area (Å²) in [6.45, 7) is 3.86. The smallest absolute Gasteiger partial charge is 0.270 e. The van der Waals surface area contributed by atoms with Crippen molar-refractivity contribution in [2.24, 2.45) is 5.92 Å². The number of hydrogen-bond donors (Lipinski definition) is 0. The molecular formula is C15H18N4OS. The summed E-state index contributed by atoms with van der Waals surface area (Å²) in [6.07, 6.45) is 5.92. The van der Waals surface area contributed by atoms with Crippen molar-refractivity contribution in [1.29, 1.82) is 0 Å². The average Bonchev–Trinajstić information content (AvgIpc) is 3.11. The van der Waals surface area contributed by atoms with Gasteiger partial charge in [0, 0.05) is 18.0 Å². The molecule has 2 aliphatic rings. The van der Waals surface area contributed by atoms with Crippen molar-refractivity contribution in [3.8, 4) is 0 Å². The van der Waals surface area contributed by atoms with Gasteiger partial charge in [-0.3, -0.25) is 9.69 Å². The summed E-state index contributed by atoms with van der Waals surface area (Å²) in [6, 6.07) is 2.10. The topological polar surface area (TPSA) is 51.0 Å². The molecule has 21 heavy (non-hydrogen) atoms. The normalized spacial score (nSPS) is 21.0. The van der Waals surface area contributed by atoms with E-state index in [4.69, 9.17) is 0 Å². The van der Waals surface area contributed by atoms with Crippen LogP contribution in [0.25, 0.3) is 0 Å². The number of amides is 1. The van der Waals surface area contributed by atoms with Crippen molar-refractivity contribution in [3.05, 3.63) is 27.7 Å². The Kier molecular flexibility index (Phi) is 3.06. The van der Waals surface area contributed by atoms with E-state index < -0.39 is 0 Å². The van der Waals surface area contributed by atoms with Crippen LogP contribution in [0.4, 0.5) is 5.95 Å². The van der Waals surface area contributed by atoms with Gasteiger partial charge in [-0.05, 0) is 43.2 Å². The Morgan fingerprint density at radius 2 is 2.33 bits per heavy atom. The number of carbonyl (C=O) groups is 1. The van der Waals surface area contributed by atoms with Gasteiger partial charge in [-0.2, -0.15) is 10.1 Å². The Hall–Kier alpha value is -1.69. The quantitative estimate of drug-likeness (QED) is 0.813. The maximum absolute atomic E-state index is 12.8. The number of hydrogen-bond acceptors (Lipinski definition) is 4. The minimum Gasteiger partial charge on any atom is -0.276 e. The highest BCUT2D eigenvalue weighted by atomic mass is 32.1. The van der Waals surface area contributed by atoms with E-state index in [9.17, 15) is 4.79 Å². The largest absolute Gasteiger partial charge is 0.276 e. The van der Waals surface area contributed by atoms with Crippen molar-refractivity contribution in [2.75, 3.05) is 11.4 Å². The Morgan fingerprint density at radius 1 is 1.43 bits per heavy atom. The highest BCUT2D eigenvalue weighted by molar-refractivity contribution is 7.14. The standard InChI is InChI=1S/C15H18N4OS/c1-10-3-4-12-11(7-10)8-13(21-12)14(20)18-5-2-6-19-15(18)16-9-17-19/h8-10H,2-7H2,1H3/t10-/m0/s1. The fraction of sp³-hybridized carbons (Fsp3) is 0.533. The molecule has 4 rings (SSSR count). The van der Waals surface area contributed by atoms with Crippen molar-refractivity contribution in [3.63, 3.8) is 0 Å². The number of fused-ring (bicyclic) bond motifs is 2. The number of nitrogens with zero attached hydrogens (tertiary/aromatic N) is 4. The second-order valence-electron chi connectivity index (χ2n) is 6.00. The Morgan fingerprint density at radius 3 is 3.24 bits per heavy atom. The van der Waals surface area contributed by atoms with E-state index in [0.717, 1.165) is 43.1 Å². The van der Waals surface area contributed by atoms with Gasteiger partial charge >= 0.3 is 0 Å². The lowest BCUT2D eigenvalue weighted by atomic mass is 9.90. The molecule has 1 amide bonds. The summed E-state index contributed by atoms with van der Waals surface area (Å²) in [5.41, 5.74) is 1.38. The van der Waals surface area contributed by atoms with Gasteiger partial charge in [0.25, 0.3) is 5.91 Å². The van der Waals surface area contributed by atoms with E-state index in [1.54, 1.807) is 16.2 Å². The van der Waals surface area contributed by atoms with Crippen LogP contribution in [0.2, 0.25) is 0 Å². The molecule has 1 atom stereocenters. The average molecular weight is 302 g/mol. The lowest BCUT2D eigenvalue weighted by Crippen LogP contribution is -2.37. The maximum atomic E-state index is 12.8. The minimum absolute atomic E-state index is 0.0796. The highest BCUT2D eigenvalue weighted by Gasteiger charge is 2.28. The molecule has 0 N–H and O–H groups in total. The van der Waals surface area contributed by atoms with Crippen LogP contribution in [0.15, 0.2) is 12.4 Å². The molecule has 0 saturated heterocycles. The summed E-state index contributed by atoms with van der Waals surface area (Å²) in [4.78, 5) is 21.1. The first-order valence-corrected chi connectivity index (χ1v) is 8.35. The fourth-order valence-corrected chi connectivity index (χ4v) is 4.40. The summed E-state index contributed by atoms with van der Waals surface area (Å²) >= 11 is 1.67. The molecule has 2 aromatic rings. The van der Waals surface area contributed by atoms with Crippen LogP contribution in [0.3, 0.4) is 0 Å². The Bertz CT molecular complexity index is 690. The van der Waals surface area contributed by atoms with Gasteiger partial charge in [-0.15, -0.1) is 11.3 Å². The van der Waals surface area contributed by atoms with Gasteiger partial charge < -0.3 is 0 Å². The number of aryl methyl sites for hydroxylation is 2. The zero-order chi connectivity index (χ0) is 14.4. The first-order valence-electron chi connectivity index (χ1n) is 7.53. The minimum atomic E-state index is 0.0796. The lowest BCUT2D eigenvalue weighted by molar-refractivity contribution is 0.0984. The van der Waals surface area contributed by atoms with Gasteiger partial charge in [0.05, 0.1) is 4.88 Å². The van der Waals surface area contributed by atoms with Crippen LogP contribution in [0.1, 0.15) is 39.9 Å². The second-order valence-corrected chi connectivity index (χ2v) is 7.14. The molecule has 0 saturated carbocycles. The van der Waals surface area contributed by atoms with E-state index in [2.05, 4.69) is 23.1 Å². The summed E-state index contributed by atoms with van der Waals surface area (Å²) < 4.78 is 1.82. The van der Waals surface area contributed by atoms with Crippen LogP contribution < -0.4 is 4.90 Å². The molecule has 0 fully saturated rings. The Balaban J connectivity index is 1.65. The zero-order valence-corrected chi connectivity index (χ0v) is 12.9. The van der Waals surface area contributed by atoms with Gasteiger partial charge in [0.1, 0.15) is 6.33 Å². The van der Waals surface area contributed by atoms with Crippen molar-refractivity contribution in [1.82, 2.24) is 14.8 Å². The molecule has 2 aromatic heterocycles. The van der Waals surface area contributed by atoms with Crippen molar-refractivity contribution < 1.29 is 4.79 Å². The molecule has 1 aliphatic carbocycles. The molecular weight excluding hydrogens is 284 g/mol. The zero-order valence-electron chi connectivity index (χ0n) is 12.1. The maximum Gasteiger partial charge on any atom is 0.270 e. The van der Waals surface area contributed by atoms with E-state index >= 15 is 0 Å². The van der Waals surface area contributed by atoms with Gasteiger partial charge in [0.2, 0.25) is 5.95 Å². The number of anilines is 1. The molecule has 0 radical (unpaired) electrons. The molecule has 5 nitrogen and oxygen atoms in total. The molecule has 0 unspecified atom stereocenters.